The number of guanidine groups is 1. The van der Waals surface area contributed by atoms with Gasteiger partial charge in [0.25, 0.3) is 10.0 Å². The van der Waals surface area contributed by atoms with E-state index >= 15 is 0 Å². The van der Waals surface area contributed by atoms with Crippen LogP contribution in [0.2, 0.25) is 0 Å². The monoisotopic (exact) mass is 372 g/mol. The van der Waals surface area contributed by atoms with Crippen molar-refractivity contribution in [2.24, 2.45) is 4.99 Å². The Balaban J connectivity index is 2.61. The second-order valence-corrected chi connectivity index (χ2v) is 8.57. The smallest absolute Gasteiger partial charge is 0.252 e. The molecule has 0 aromatic carbocycles. The predicted octanol–water partition coefficient (Wildman–Crippen LogP) is 2.23. The second kappa shape index (κ2) is 10.5. The van der Waals surface area contributed by atoms with Crippen molar-refractivity contribution in [2.75, 3.05) is 40.3 Å². The van der Waals surface area contributed by atoms with Gasteiger partial charge in [-0.3, -0.25) is 4.99 Å². The zero-order valence-electron chi connectivity index (χ0n) is 14.7. The van der Waals surface area contributed by atoms with E-state index in [1.807, 2.05) is 20.0 Å². The summed E-state index contributed by atoms with van der Waals surface area (Å²) in [5.41, 5.74) is 0. The van der Waals surface area contributed by atoms with Crippen LogP contribution in [0.25, 0.3) is 0 Å². The van der Waals surface area contributed by atoms with Crippen LogP contribution in [0.4, 0.5) is 0 Å². The molecule has 0 bridgehead atoms. The molecule has 0 unspecified atom stereocenters. The van der Waals surface area contributed by atoms with Gasteiger partial charge in [-0.2, -0.15) is 4.31 Å². The molecular weight excluding hydrogens is 344 g/mol. The summed E-state index contributed by atoms with van der Waals surface area (Å²) in [5.74, 6) is 0.795. The highest BCUT2D eigenvalue weighted by atomic mass is 32.2. The Morgan fingerprint density at radius 2 is 2.17 bits per heavy atom. The van der Waals surface area contributed by atoms with Crippen molar-refractivity contribution < 1.29 is 8.42 Å². The molecular formula is C16H28N4O2S2. The van der Waals surface area contributed by atoms with E-state index in [0.717, 1.165) is 31.9 Å². The van der Waals surface area contributed by atoms with Gasteiger partial charge in [0.1, 0.15) is 4.21 Å². The number of hydrogen-bond donors (Lipinski definition) is 1. The summed E-state index contributed by atoms with van der Waals surface area (Å²) < 4.78 is 26.4. The number of allylic oxidation sites excluding steroid dienone is 1. The highest BCUT2D eigenvalue weighted by Crippen LogP contribution is 2.19. The summed E-state index contributed by atoms with van der Waals surface area (Å²) in [6.45, 7) is 8.14. The van der Waals surface area contributed by atoms with Gasteiger partial charge in [-0.25, -0.2) is 8.42 Å². The van der Waals surface area contributed by atoms with Crippen LogP contribution in [0.3, 0.4) is 0 Å². The van der Waals surface area contributed by atoms with E-state index in [1.54, 1.807) is 24.6 Å². The summed E-state index contributed by atoms with van der Waals surface area (Å²) in [6.07, 6.45) is 3.88. The number of nitrogens with zero attached hydrogens (tertiary/aromatic N) is 3. The molecule has 0 radical (unpaired) electrons. The Morgan fingerprint density at radius 1 is 1.42 bits per heavy atom. The first kappa shape index (κ1) is 20.7. The topological polar surface area (TPSA) is 65.0 Å². The van der Waals surface area contributed by atoms with E-state index in [4.69, 9.17) is 0 Å². The lowest BCUT2D eigenvalue weighted by Crippen LogP contribution is -2.40. The Morgan fingerprint density at radius 3 is 2.75 bits per heavy atom. The predicted molar refractivity (Wildman–Crippen MR) is 102 cm³/mol. The second-order valence-electron chi connectivity index (χ2n) is 5.35. The van der Waals surface area contributed by atoms with Crippen LogP contribution in [-0.4, -0.2) is 63.9 Å². The van der Waals surface area contributed by atoms with Gasteiger partial charge in [-0.05, 0) is 31.2 Å². The first-order chi connectivity index (χ1) is 11.4. The molecule has 8 heteroatoms. The number of aliphatic imine (C=N–C) groups is 1. The van der Waals surface area contributed by atoms with Crippen molar-refractivity contribution in [2.45, 2.75) is 24.0 Å². The minimum Gasteiger partial charge on any atom is -0.357 e. The molecule has 0 spiro atoms. The summed E-state index contributed by atoms with van der Waals surface area (Å²) in [6, 6.07) is 3.36. The summed E-state index contributed by atoms with van der Waals surface area (Å²) in [5, 5.41) is 5.00. The number of nitrogens with one attached hydrogen (secondary N) is 1. The quantitative estimate of drug-likeness (QED) is 0.296. The van der Waals surface area contributed by atoms with E-state index in [9.17, 15) is 8.42 Å². The fourth-order valence-electron chi connectivity index (χ4n) is 2.03. The Hall–Kier alpha value is -1.38. The molecule has 1 heterocycles. The Bertz CT molecular complexity index is 612. The zero-order chi connectivity index (χ0) is 18.0. The maximum Gasteiger partial charge on any atom is 0.252 e. The van der Waals surface area contributed by atoms with Gasteiger partial charge >= 0.3 is 0 Å². The third-order valence-corrected chi connectivity index (χ3v) is 6.66. The van der Waals surface area contributed by atoms with Crippen LogP contribution in [0.15, 0.2) is 39.4 Å². The lowest BCUT2D eigenvalue weighted by atomic mass is 10.3. The van der Waals surface area contributed by atoms with Gasteiger partial charge in [0.05, 0.1) is 6.54 Å². The van der Waals surface area contributed by atoms with E-state index in [2.05, 4.69) is 21.8 Å². The molecule has 0 aliphatic carbocycles. The maximum atomic E-state index is 12.4. The molecule has 0 atom stereocenters. The minimum absolute atomic E-state index is 0.343. The van der Waals surface area contributed by atoms with E-state index in [0.29, 0.717) is 17.3 Å². The summed E-state index contributed by atoms with van der Waals surface area (Å²) in [4.78, 5) is 6.59. The molecule has 1 aromatic rings. The standard InChI is InChI=1S/C16H28N4O2S2/c1-5-7-8-12-19(3)16(17-6-2)18-11-13-20(4)24(21,22)15-10-9-14-23-15/h5,9-10,14H,1,6-8,11-13H2,2-4H3,(H,17,18). The normalized spacial score (nSPS) is 12.4. The third kappa shape index (κ3) is 6.26. The number of sulfonamides is 1. The van der Waals surface area contributed by atoms with Crippen molar-refractivity contribution in [1.82, 2.24) is 14.5 Å². The fraction of sp³-hybridized carbons (Fsp3) is 0.562. The maximum absolute atomic E-state index is 12.4. The molecule has 1 aromatic heterocycles. The van der Waals surface area contributed by atoms with Crippen LogP contribution < -0.4 is 5.32 Å². The number of unbranched alkanes of at least 4 members (excludes halogenated alkanes) is 1. The Labute approximate surface area is 149 Å². The number of thiophene rings is 1. The molecule has 24 heavy (non-hydrogen) atoms. The fourth-order valence-corrected chi connectivity index (χ4v) is 4.39. The molecule has 6 nitrogen and oxygen atoms in total. The van der Waals surface area contributed by atoms with Gasteiger partial charge in [-0.15, -0.1) is 17.9 Å². The van der Waals surface area contributed by atoms with Gasteiger partial charge < -0.3 is 10.2 Å². The SMILES string of the molecule is C=CCCCN(C)C(=NCCN(C)S(=O)(=O)c1cccs1)NCC. The minimum atomic E-state index is -3.41. The van der Waals surface area contributed by atoms with Crippen molar-refractivity contribution in [3.63, 3.8) is 0 Å². The van der Waals surface area contributed by atoms with Crippen LogP contribution in [0, 0.1) is 0 Å². The molecule has 1 rings (SSSR count). The molecule has 0 saturated heterocycles. The Kier molecular flexibility index (Phi) is 9.02. The van der Waals surface area contributed by atoms with Crippen LogP contribution in [0.5, 0.6) is 0 Å². The first-order valence-electron chi connectivity index (χ1n) is 8.03. The van der Waals surface area contributed by atoms with E-state index in [1.165, 1.54) is 15.6 Å². The summed E-state index contributed by atoms with van der Waals surface area (Å²) in [7, 11) is 0.165. The van der Waals surface area contributed by atoms with E-state index in [-0.39, 0.29) is 0 Å². The molecule has 0 aliphatic rings. The van der Waals surface area contributed by atoms with Crippen molar-refractivity contribution in [1.29, 1.82) is 0 Å². The third-order valence-electron chi connectivity index (χ3n) is 3.43. The highest BCUT2D eigenvalue weighted by molar-refractivity contribution is 7.91. The molecule has 136 valence electrons. The highest BCUT2D eigenvalue weighted by Gasteiger charge is 2.21. The van der Waals surface area contributed by atoms with Crippen molar-refractivity contribution in [3.8, 4) is 0 Å². The molecule has 0 fully saturated rings. The van der Waals surface area contributed by atoms with Gasteiger partial charge in [-0.1, -0.05) is 12.1 Å². The summed E-state index contributed by atoms with van der Waals surface area (Å²) >= 11 is 1.23. The molecule has 0 amide bonds. The largest absolute Gasteiger partial charge is 0.357 e. The number of rotatable bonds is 10. The lowest BCUT2D eigenvalue weighted by molar-refractivity contribution is 0.460. The molecule has 0 aliphatic heterocycles. The average molecular weight is 373 g/mol. The molecule has 1 N–H and O–H groups in total. The van der Waals surface area contributed by atoms with Crippen LogP contribution in [0.1, 0.15) is 19.8 Å². The molecule has 0 saturated carbocycles. The average Bonchev–Trinajstić information content (AvgIpc) is 3.09. The van der Waals surface area contributed by atoms with Crippen LogP contribution in [-0.2, 0) is 10.0 Å². The number of hydrogen-bond acceptors (Lipinski definition) is 4. The van der Waals surface area contributed by atoms with Crippen molar-refractivity contribution in [3.05, 3.63) is 30.2 Å². The van der Waals surface area contributed by atoms with Crippen molar-refractivity contribution >= 4 is 27.3 Å². The van der Waals surface area contributed by atoms with Gasteiger partial charge in [0.2, 0.25) is 0 Å². The lowest BCUT2D eigenvalue weighted by Gasteiger charge is -2.22. The van der Waals surface area contributed by atoms with Gasteiger partial charge in [0, 0.05) is 33.7 Å². The van der Waals surface area contributed by atoms with Crippen LogP contribution >= 0.6 is 11.3 Å². The van der Waals surface area contributed by atoms with Gasteiger partial charge in [0.15, 0.2) is 5.96 Å². The number of likely N-dealkylation sites (N-methyl/N-ethyl adjacent to an activating group) is 1. The van der Waals surface area contributed by atoms with E-state index < -0.39 is 10.0 Å². The first-order valence-corrected chi connectivity index (χ1v) is 10.4. The zero-order valence-corrected chi connectivity index (χ0v) is 16.4.